The van der Waals surface area contributed by atoms with Crippen LogP contribution < -0.4 is 5.32 Å². The molecule has 4 heterocycles. The number of aromatic nitrogens is 5. The molecule has 0 unspecified atom stereocenters. The molecule has 242 valence electrons. The van der Waals surface area contributed by atoms with Crippen molar-refractivity contribution in [3.05, 3.63) is 197 Å². The number of anilines is 1. The van der Waals surface area contributed by atoms with E-state index >= 15 is 0 Å². The van der Waals surface area contributed by atoms with Crippen LogP contribution in [0, 0.1) is 6.92 Å². The average Bonchev–Trinajstić information content (AvgIpc) is 3.81. The van der Waals surface area contributed by atoms with Crippen LogP contribution in [0.15, 0.2) is 164 Å². The number of amides is 1. The number of benzene rings is 4. The molecule has 0 bridgehead atoms. The fourth-order valence-electron chi connectivity index (χ4n) is 6.60. The van der Waals surface area contributed by atoms with Gasteiger partial charge in [0.25, 0.3) is 5.91 Å². The van der Waals surface area contributed by atoms with Crippen LogP contribution >= 0.6 is 11.6 Å². The number of aryl methyl sites for hydroxylation is 1. The van der Waals surface area contributed by atoms with E-state index in [1.54, 1.807) is 18.3 Å². The zero-order valence-electron chi connectivity index (χ0n) is 27.1. The first-order chi connectivity index (χ1) is 24.5. The van der Waals surface area contributed by atoms with E-state index in [-0.39, 0.29) is 5.91 Å². The molecule has 0 aliphatic heterocycles. The minimum Gasteiger partial charge on any atom is -0.307 e. The van der Waals surface area contributed by atoms with Gasteiger partial charge in [-0.1, -0.05) is 109 Å². The van der Waals surface area contributed by atoms with Crippen LogP contribution in [0.5, 0.6) is 0 Å². The van der Waals surface area contributed by atoms with Gasteiger partial charge in [0.1, 0.15) is 17.0 Å². The van der Waals surface area contributed by atoms with Crippen LogP contribution in [0.1, 0.15) is 32.6 Å². The Balaban J connectivity index is 1.18. The number of rotatable bonds is 8. The number of hydrogen-bond acceptors (Lipinski definition) is 4. The van der Waals surface area contributed by atoms with E-state index in [9.17, 15) is 4.79 Å². The molecule has 8 aromatic rings. The summed E-state index contributed by atoms with van der Waals surface area (Å²) in [5.74, 6) is 0.149. The lowest BCUT2D eigenvalue weighted by Crippen LogP contribution is -2.38. The largest absolute Gasteiger partial charge is 0.307 e. The first-order valence-electron chi connectivity index (χ1n) is 16.2. The van der Waals surface area contributed by atoms with Gasteiger partial charge in [0.05, 0.1) is 28.7 Å². The summed E-state index contributed by atoms with van der Waals surface area (Å²) in [6, 6.07) is 44.6. The van der Waals surface area contributed by atoms with E-state index in [0.717, 1.165) is 50.3 Å². The van der Waals surface area contributed by atoms with Crippen molar-refractivity contribution in [1.29, 1.82) is 0 Å². The number of carbonyl (C=O) groups is 1. The van der Waals surface area contributed by atoms with Crippen LogP contribution in [0.2, 0.25) is 5.02 Å². The minimum absolute atomic E-state index is 0.324. The molecule has 0 aliphatic rings. The number of hydrogen-bond donors (Lipinski definition) is 1. The molecule has 8 heteroatoms. The molecule has 0 fully saturated rings. The van der Waals surface area contributed by atoms with Gasteiger partial charge in [-0.15, -0.1) is 0 Å². The summed E-state index contributed by atoms with van der Waals surface area (Å²) in [4.78, 5) is 21.9. The zero-order valence-corrected chi connectivity index (χ0v) is 27.9. The third-order valence-electron chi connectivity index (χ3n) is 9.01. The molecule has 0 spiro atoms. The summed E-state index contributed by atoms with van der Waals surface area (Å²) in [5, 5.41) is 8.21. The Hall–Kier alpha value is -6.31. The number of halogens is 1. The number of carbonyl (C=O) groups excluding carboxylic acids is 1. The smallest absolute Gasteiger partial charge is 0.258 e. The number of pyridine rings is 2. The lowest BCUT2D eigenvalue weighted by molar-refractivity contribution is 0.102. The topological polar surface area (TPSA) is 77.1 Å². The van der Waals surface area contributed by atoms with Gasteiger partial charge in [0.15, 0.2) is 0 Å². The lowest BCUT2D eigenvalue weighted by Gasteiger charge is -2.36. The molecule has 0 saturated carbocycles. The Kier molecular flexibility index (Phi) is 8.03. The number of nitrogens with zero attached hydrogens (tertiary/aromatic N) is 5. The SMILES string of the molecule is Cc1ccnc(NC(=O)c2ccc(-c3cnc4ccc(-c5cnn(C(c6ccccc6)(c6ccccc6)c6ccccc6)c5)cn34)cc2Cl)c1. The van der Waals surface area contributed by atoms with Gasteiger partial charge < -0.3 is 5.32 Å². The van der Waals surface area contributed by atoms with Crippen molar-refractivity contribution < 1.29 is 4.79 Å². The van der Waals surface area contributed by atoms with Crippen LogP contribution in [-0.2, 0) is 5.54 Å². The molecule has 1 N–H and O–H groups in total. The second kappa shape index (κ2) is 13.0. The summed E-state index contributed by atoms with van der Waals surface area (Å²) in [6.45, 7) is 1.94. The maximum absolute atomic E-state index is 13.0. The fourth-order valence-corrected chi connectivity index (χ4v) is 6.87. The summed E-state index contributed by atoms with van der Waals surface area (Å²) < 4.78 is 4.10. The summed E-state index contributed by atoms with van der Waals surface area (Å²) in [7, 11) is 0. The predicted molar refractivity (Wildman–Crippen MR) is 198 cm³/mol. The Labute approximate surface area is 294 Å². The molecule has 8 rings (SSSR count). The predicted octanol–water partition coefficient (Wildman–Crippen LogP) is 9.31. The Morgan fingerprint density at radius 2 is 1.32 bits per heavy atom. The lowest BCUT2D eigenvalue weighted by atomic mass is 9.77. The molecule has 0 aliphatic carbocycles. The molecule has 50 heavy (non-hydrogen) atoms. The molecular weight excluding hydrogens is 640 g/mol. The molecule has 4 aromatic carbocycles. The monoisotopic (exact) mass is 670 g/mol. The summed E-state index contributed by atoms with van der Waals surface area (Å²) in [6.07, 6.45) is 9.56. The molecule has 4 aromatic heterocycles. The second-order valence-electron chi connectivity index (χ2n) is 12.1. The minimum atomic E-state index is -0.716. The van der Waals surface area contributed by atoms with Crippen molar-refractivity contribution in [1.82, 2.24) is 24.1 Å². The van der Waals surface area contributed by atoms with Gasteiger partial charge in [-0.05, 0) is 65.6 Å². The standard InChI is InChI=1S/C42H31ClN6O/c1-29-21-22-44-39(23-29)47-41(50)36-19-17-30(24-37(36)43)38-26-45-40-20-18-31(27-48(38)40)32-25-46-49(28-32)42(33-11-5-2-6-12-33,34-13-7-3-8-14-34)35-15-9-4-10-16-35/h2-28H,1H3,(H,44,47,50). The van der Waals surface area contributed by atoms with Crippen LogP contribution in [0.25, 0.3) is 28.0 Å². The fraction of sp³-hybridized carbons (Fsp3) is 0.0476. The van der Waals surface area contributed by atoms with E-state index in [0.29, 0.717) is 16.4 Å². The first-order valence-corrected chi connectivity index (χ1v) is 16.6. The summed E-state index contributed by atoms with van der Waals surface area (Å²) in [5.41, 5.74) is 8.33. The van der Waals surface area contributed by atoms with E-state index in [2.05, 4.69) is 111 Å². The molecule has 0 atom stereocenters. The molecule has 0 radical (unpaired) electrons. The van der Waals surface area contributed by atoms with Crippen molar-refractivity contribution in [3.8, 4) is 22.4 Å². The Morgan fingerprint density at radius 3 is 1.94 bits per heavy atom. The third-order valence-corrected chi connectivity index (χ3v) is 9.32. The quantitative estimate of drug-likeness (QED) is 0.164. The van der Waals surface area contributed by atoms with Crippen molar-refractivity contribution in [3.63, 3.8) is 0 Å². The number of fused-ring (bicyclic) bond motifs is 1. The maximum atomic E-state index is 13.0. The van der Waals surface area contributed by atoms with Gasteiger partial charge in [-0.25, -0.2) is 9.97 Å². The average molecular weight is 671 g/mol. The van der Waals surface area contributed by atoms with E-state index in [4.69, 9.17) is 16.7 Å². The van der Waals surface area contributed by atoms with Crippen molar-refractivity contribution in [2.24, 2.45) is 0 Å². The van der Waals surface area contributed by atoms with Crippen LogP contribution in [-0.4, -0.2) is 30.1 Å². The summed E-state index contributed by atoms with van der Waals surface area (Å²) >= 11 is 6.69. The number of nitrogens with one attached hydrogen (secondary N) is 1. The van der Waals surface area contributed by atoms with Gasteiger partial charge in [0, 0.05) is 35.3 Å². The van der Waals surface area contributed by atoms with Gasteiger partial charge in [-0.3, -0.25) is 13.9 Å². The van der Waals surface area contributed by atoms with E-state index < -0.39 is 5.54 Å². The zero-order chi connectivity index (χ0) is 34.1. The molecule has 7 nitrogen and oxygen atoms in total. The van der Waals surface area contributed by atoms with Gasteiger partial charge >= 0.3 is 0 Å². The first kappa shape index (κ1) is 31.0. The van der Waals surface area contributed by atoms with Crippen molar-refractivity contribution in [2.45, 2.75) is 12.5 Å². The van der Waals surface area contributed by atoms with E-state index in [1.807, 2.05) is 66.2 Å². The third kappa shape index (κ3) is 5.53. The van der Waals surface area contributed by atoms with E-state index in [1.165, 1.54) is 0 Å². The maximum Gasteiger partial charge on any atom is 0.258 e. The second-order valence-corrected chi connectivity index (χ2v) is 12.5. The normalized spacial score (nSPS) is 11.5. The highest BCUT2D eigenvalue weighted by Gasteiger charge is 2.39. The van der Waals surface area contributed by atoms with Crippen LogP contribution in [0.3, 0.4) is 0 Å². The highest BCUT2D eigenvalue weighted by Crippen LogP contribution is 2.41. The molecule has 1 amide bonds. The molecule has 0 saturated heterocycles. The van der Waals surface area contributed by atoms with Gasteiger partial charge in [-0.2, -0.15) is 5.10 Å². The van der Waals surface area contributed by atoms with Gasteiger partial charge in [0.2, 0.25) is 0 Å². The highest BCUT2D eigenvalue weighted by atomic mass is 35.5. The Bertz CT molecular complexity index is 2360. The highest BCUT2D eigenvalue weighted by molar-refractivity contribution is 6.34. The Morgan fingerprint density at radius 1 is 0.680 bits per heavy atom. The van der Waals surface area contributed by atoms with Crippen LogP contribution in [0.4, 0.5) is 5.82 Å². The van der Waals surface area contributed by atoms with Crippen molar-refractivity contribution >= 4 is 29.0 Å². The number of imidazole rings is 1. The van der Waals surface area contributed by atoms with Crippen molar-refractivity contribution in [2.75, 3.05) is 5.32 Å². The molecular formula is C42H31ClN6O.